The molecule has 0 aromatic heterocycles. The van der Waals surface area contributed by atoms with E-state index in [1.807, 2.05) is 49.4 Å². The van der Waals surface area contributed by atoms with Gasteiger partial charge in [-0.1, -0.05) is 18.2 Å². The number of nitrogens with one attached hydrogen (secondary N) is 1. The van der Waals surface area contributed by atoms with E-state index in [1.165, 1.54) is 0 Å². The third-order valence-electron chi connectivity index (χ3n) is 3.12. The Balaban J connectivity index is 2.34. The molecule has 0 saturated heterocycles. The Labute approximate surface area is 113 Å². The zero-order valence-corrected chi connectivity index (χ0v) is 11.4. The van der Waals surface area contributed by atoms with E-state index in [-0.39, 0.29) is 5.91 Å². The lowest BCUT2D eigenvalue weighted by molar-refractivity contribution is 0.0963. The molecule has 0 fully saturated rings. The lowest BCUT2D eigenvalue weighted by Crippen LogP contribution is -2.17. The summed E-state index contributed by atoms with van der Waals surface area (Å²) in [6.07, 6.45) is 0. The van der Waals surface area contributed by atoms with Crippen LogP contribution in [0.1, 0.15) is 15.9 Å². The minimum atomic E-state index is -0.0713. The Kier molecular flexibility index (Phi) is 3.85. The minimum absolute atomic E-state index is 0.0713. The van der Waals surface area contributed by atoms with Gasteiger partial charge in [0, 0.05) is 12.6 Å². The van der Waals surface area contributed by atoms with E-state index in [2.05, 4.69) is 5.32 Å². The molecule has 0 aliphatic heterocycles. The highest BCUT2D eigenvalue weighted by Gasteiger charge is 2.06. The second-order valence-electron chi connectivity index (χ2n) is 4.34. The SMILES string of the molecule is CNC(=O)c1ccc(-c2ccc(OC)cc2C)cc1. The largest absolute Gasteiger partial charge is 0.497 e. The van der Waals surface area contributed by atoms with Gasteiger partial charge >= 0.3 is 0 Å². The molecule has 0 aliphatic carbocycles. The van der Waals surface area contributed by atoms with Gasteiger partial charge in [-0.05, 0) is 47.9 Å². The molecule has 2 aromatic carbocycles. The molecule has 0 spiro atoms. The van der Waals surface area contributed by atoms with Gasteiger partial charge in [0.25, 0.3) is 5.91 Å². The van der Waals surface area contributed by atoms with Gasteiger partial charge in [0.15, 0.2) is 0 Å². The van der Waals surface area contributed by atoms with Crippen molar-refractivity contribution >= 4 is 5.91 Å². The molecule has 0 atom stereocenters. The molecule has 0 unspecified atom stereocenters. The second kappa shape index (κ2) is 5.57. The predicted octanol–water partition coefficient (Wildman–Crippen LogP) is 3.03. The van der Waals surface area contributed by atoms with Crippen LogP contribution in [-0.2, 0) is 0 Å². The number of rotatable bonds is 3. The zero-order valence-electron chi connectivity index (χ0n) is 11.4. The van der Waals surface area contributed by atoms with Crippen molar-refractivity contribution in [3.05, 3.63) is 53.6 Å². The number of carbonyl (C=O) groups is 1. The first kappa shape index (κ1) is 13.1. The Morgan fingerprint density at radius 2 is 1.79 bits per heavy atom. The van der Waals surface area contributed by atoms with Gasteiger partial charge in [-0.2, -0.15) is 0 Å². The third kappa shape index (κ3) is 2.76. The first-order chi connectivity index (χ1) is 9.15. The molecule has 98 valence electrons. The summed E-state index contributed by atoms with van der Waals surface area (Å²) in [6, 6.07) is 13.6. The van der Waals surface area contributed by atoms with Crippen molar-refractivity contribution in [3.8, 4) is 16.9 Å². The van der Waals surface area contributed by atoms with Crippen molar-refractivity contribution < 1.29 is 9.53 Å². The normalized spacial score (nSPS) is 10.1. The average molecular weight is 255 g/mol. The summed E-state index contributed by atoms with van der Waals surface area (Å²) in [4.78, 5) is 11.5. The number of ether oxygens (including phenoxy) is 1. The molecule has 0 radical (unpaired) electrons. The Morgan fingerprint density at radius 1 is 1.11 bits per heavy atom. The summed E-state index contributed by atoms with van der Waals surface area (Å²) < 4.78 is 5.20. The Bertz CT molecular complexity index is 588. The van der Waals surface area contributed by atoms with Crippen molar-refractivity contribution in [3.63, 3.8) is 0 Å². The molecule has 1 amide bonds. The number of hydrogen-bond acceptors (Lipinski definition) is 2. The molecule has 19 heavy (non-hydrogen) atoms. The van der Waals surface area contributed by atoms with Crippen LogP contribution in [0.25, 0.3) is 11.1 Å². The quantitative estimate of drug-likeness (QED) is 0.915. The molecule has 0 heterocycles. The third-order valence-corrected chi connectivity index (χ3v) is 3.12. The lowest BCUT2D eigenvalue weighted by Gasteiger charge is -2.09. The summed E-state index contributed by atoms with van der Waals surface area (Å²) >= 11 is 0. The molecule has 1 N–H and O–H groups in total. The monoisotopic (exact) mass is 255 g/mol. The standard InChI is InChI=1S/C16H17NO2/c1-11-10-14(19-3)8-9-15(11)12-4-6-13(7-5-12)16(18)17-2/h4-10H,1-3H3,(H,17,18). The van der Waals surface area contributed by atoms with Crippen molar-refractivity contribution in [2.24, 2.45) is 0 Å². The van der Waals surface area contributed by atoms with Gasteiger partial charge < -0.3 is 10.1 Å². The van der Waals surface area contributed by atoms with E-state index in [9.17, 15) is 4.79 Å². The van der Waals surface area contributed by atoms with E-state index in [0.717, 1.165) is 22.4 Å². The molecule has 3 nitrogen and oxygen atoms in total. The van der Waals surface area contributed by atoms with Crippen molar-refractivity contribution in [2.45, 2.75) is 6.92 Å². The maximum Gasteiger partial charge on any atom is 0.251 e. The van der Waals surface area contributed by atoms with Crippen molar-refractivity contribution in [2.75, 3.05) is 14.2 Å². The number of amides is 1. The highest BCUT2D eigenvalue weighted by atomic mass is 16.5. The molecular formula is C16H17NO2. The van der Waals surface area contributed by atoms with E-state index in [4.69, 9.17) is 4.74 Å². The number of benzene rings is 2. The number of aryl methyl sites for hydroxylation is 1. The van der Waals surface area contributed by atoms with Gasteiger partial charge in [0.2, 0.25) is 0 Å². The van der Waals surface area contributed by atoms with Crippen molar-refractivity contribution in [1.29, 1.82) is 0 Å². The molecule has 3 heteroatoms. The van der Waals surface area contributed by atoms with Crippen LogP contribution < -0.4 is 10.1 Å². The Morgan fingerprint density at radius 3 is 2.32 bits per heavy atom. The van der Waals surface area contributed by atoms with E-state index in [0.29, 0.717) is 5.56 Å². The molecule has 2 aromatic rings. The zero-order chi connectivity index (χ0) is 13.8. The summed E-state index contributed by atoms with van der Waals surface area (Å²) in [7, 11) is 3.29. The molecule has 2 rings (SSSR count). The average Bonchev–Trinajstić information content (AvgIpc) is 2.46. The van der Waals surface area contributed by atoms with Crippen molar-refractivity contribution in [1.82, 2.24) is 5.32 Å². The van der Waals surface area contributed by atoms with Crippen LogP contribution in [0.3, 0.4) is 0 Å². The fourth-order valence-corrected chi connectivity index (χ4v) is 2.03. The first-order valence-corrected chi connectivity index (χ1v) is 6.13. The summed E-state index contributed by atoms with van der Waals surface area (Å²) in [5.41, 5.74) is 4.04. The Hall–Kier alpha value is -2.29. The maximum atomic E-state index is 11.5. The molecular weight excluding hydrogens is 238 g/mol. The highest BCUT2D eigenvalue weighted by Crippen LogP contribution is 2.26. The van der Waals surface area contributed by atoms with E-state index < -0.39 is 0 Å². The summed E-state index contributed by atoms with van der Waals surface area (Å²) in [6.45, 7) is 2.05. The van der Waals surface area contributed by atoms with Crippen LogP contribution >= 0.6 is 0 Å². The fraction of sp³-hybridized carbons (Fsp3) is 0.188. The van der Waals surface area contributed by atoms with Gasteiger partial charge in [-0.3, -0.25) is 4.79 Å². The first-order valence-electron chi connectivity index (χ1n) is 6.13. The van der Waals surface area contributed by atoms with Crippen LogP contribution in [0.4, 0.5) is 0 Å². The smallest absolute Gasteiger partial charge is 0.251 e. The topological polar surface area (TPSA) is 38.3 Å². The minimum Gasteiger partial charge on any atom is -0.497 e. The van der Waals surface area contributed by atoms with Gasteiger partial charge in [-0.15, -0.1) is 0 Å². The van der Waals surface area contributed by atoms with Gasteiger partial charge in [0.05, 0.1) is 7.11 Å². The second-order valence-corrected chi connectivity index (χ2v) is 4.34. The maximum absolute atomic E-state index is 11.5. The van der Waals surface area contributed by atoms with Gasteiger partial charge in [-0.25, -0.2) is 0 Å². The van der Waals surface area contributed by atoms with E-state index in [1.54, 1.807) is 14.2 Å². The molecule has 0 bridgehead atoms. The number of carbonyl (C=O) groups excluding carboxylic acids is 1. The predicted molar refractivity (Wildman–Crippen MR) is 76.6 cm³/mol. The van der Waals surface area contributed by atoms with Gasteiger partial charge in [0.1, 0.15) is 5.75 Å². The highest BCUT2D eigenvalue weighted by molar-refractivity contribution is 5.94. The molecule has 0 saturated carbocycles. The summed E-state index contributed by atoms with van der Waals surface area (Å²) in [5, 5.41) is 2.61. The number of hydrogen-bond donors (Lipinski definition) is 1. The molecule has 0 aliphatic rings. The van der Waals surface area contributed by atoms with Crippen LogP contribution in [-0.4, -0.2) is 20.1 Å². The fourth-order valence-electron chi connectivity index (χ4n) is 2.03. The van der Waals surface area contributed by atoms with Crippen LogP contribution in [0, 0.1) is 6.92 Å². The van der Waals surface area contributed by atoms with Crippen LogP contribution in [0.2, 0.25) is 0 Å². The number of methoxy groups -OCH3 is 1. The van der Waals surface area contributed by atoms with Crippen LogP contribution in [0.15, 0.2) is 42.5 Å². The lowest BCUT2D eigenvalue weighted by atomic mass is 9.99. The summed E-state index contributed by atoms with van der Waals surface area (Å²) in [5.74, 6) is 0.779. The van der Waals surface area contributed by atoms with E-state index >= 15 is 0 Å². The van der Waals surface area contributed by atoms with Crippen LogP contribution in [0.5, 0.6) is 5.75 Å².